The smallest absolute Gasteiger partial charge is 0.242 e. The van der Waals surface area contributed by atoms with Gasteiger partial charge in [-0.05, 0) is 31.0 Å². The fourth-order valence-electron chi connectivity index (χ4n) is 3.87. The van der Waals surface area contributed by atoms with E-state index in [4.69, 9.17) is 4.74 Å². The number of rotatable bonds is 3. The van der Waals surface area contributed by atoms with Gasteiger partial charge < -0.3 is 20.1 Å². The third-order valence-electron chi connectivity index (χ3n) is 5.09. The third-order valence-corrected chi connectivity index (χ3v) is 5.09. The summed E-state index contributed by atoms with van der Waals surface area (Å²) in [6.07, 6.45) is 4.08. The maximum atomic E-state index is 12.2. The van der Waals surface area contributed by atoms with Gasteiger partial charge in [0.1, 0.15) is 18.4 Å². The van der Waals surface area contributed by atoms with Crippen molar-refractivity contribution in [2.75, 3.05) is 11.9 Å². The van der Waals surface area contributed by atoms with E-state index in [0.29, 0.717) is 6.42 Å². The monoisotopic (exact) mass is 342 g/mol. The van der Waals surface area contributed by atoms with Gasteiger partial charge in [-0.1, -0.05) is 12.1 Å². The van der Waals surface area contributed by atoms with Crippen molar-refractivity contribution < 1.29 is 14.6 Å². The minimum absolute atomic E-state index is 0.0748. The zero-order chi connectivity index (χ0) is 17.4. The number of ether oxygens (including phenoxy) is 1. The number of carbonyl (C=O) groups is 1. The number of nitrogens with zero attached hydrogens (tertiary/aromatic N) is 3. The summed E-state index contributed by atoms with van der Waals surface area (Å²) in [7, 11) is 1.97. The Morgan fingerprint density at radius 1 is 1.36 bits per heavy atom. The second-order valence-corrected chi connectivity index (χ2v) is 6.67. The van der Waals surface area contributed by atoms with E-state index in [9.17, 15) is 9.90 Å². The molecular weight excluding hydrogens is 320 g/mol. The Labute approximate surface area is 146 Å². The average Bonchev–Trinajstić information content (AvgIpc) is 3.10. The van der Waals surface area contributed by atoms with Gasteiger partial charge in [0.25, 0.3) is 0 Å². The lowest BCUT2D eigenvalue weighted by Crippen LogP contribution is -2.64. The number of anilines is 1. The van der Waals surface area contributed by atoms with Crippen LogP contribution in [0.1, 0.15) is 12.8 Å². The first kappa shape index (κ1) is 16.0. The lowest BCUT2D eigenvalue weighted by molar-refractivity contribution is -0.124. The number of hydrogen-bond donors (Lipinski definition) is 2. The summed E-state index contributed by atoms with van der Waals surface area (Å²) in [5.74, 6) is 0.700. The van der Waals surface area contributed by atoms with Crippen molar-refractivity contribution in [3.8, 4) is 5.75 Å². The first-order chi connectivity index (χ1) is 12.1. The van der Waals surface area contributed by atoms with Crippen molar-refractivity contribution >= 4 is 11.6 Å². The van der Waals surface area contributed by atoms with Gasteiger partial charge in [-0.2, -0.15) is 5.10 Å². The Morgan fingerprint density at radius 3 is 3.00 bits per heavy atom. The number of benzene rings is 1. The number of aliphatic hydroxyl groups is 1. The summed E-state index contributed by atoms with van der Waals surface area (Å²) in [5, 5.41) is 17.9. The standard InChI is InChI=1S/C18H22N4O3/c1-21-13-5-2-3-6-14(13)25-15-8-7-12(18(24)17(15)21)20-16(23)11-22-10-4-9-19-22/h2-6,9-10,12,15,17-18,24H,7-8,11H2,1H3,(H,20,23)/t12-,15-,17-,18-/m1/s1. The predicted molar refractivity (Wildman–Crippen MR) is 92.4 cm³/mol. The first-order valence-electron chi connectivity index (χ1n) is 8.57. The fourth-order valence-corrected chi connectivity index (χ4v) is 3.87. The molecule has 7 heteroatoms. The Hall–Kier alpha value is -2.54. The van der Waals surface area contributed by atoms with Crippen LogP contribution in [0.5, 0.6) is 5.75 Å². The highest BCUT2D eigenvalue weighted by molar-refractivity contribution is 5.76. The molecule has 0 spiro atoms. The quantitative estimate of drug-likeness (QED) is 0.862. The van der Waals surface area contributed by atoms with Crippen LogP contribution in [0.3, 0.4) is 0 Å². The molecule has 25 heavy (non-hydrogen) atoms. The molecule has 2 heterocycles. The number of aromatic nitrogens is 2. The highest BCUT2D eigenvalue weighted by Gasteiger charge is 2.45. The SMILES string of the molecule is CN1c2ccccc2O[C@@H]2CC[C@@H](NC(=O)Cn3cccn3)[C@@H](O)[C@@H]21. The molecule has 2 N–H and O–H groups in total. The molecule has 1 aromatic carbocycles. The Bertz CT molecular complexity index is 749. The van der Waals surface area contributed by atoms with Gasteiger partial charge >= 0.3 is 0 Å². The number of para-hydroxylation sites is 2. The van der Waals surface area contributed by atoms with Crippen molar-refractivity contribution in [1.29, 1.82) is 0 Å². The van der Waals surface area contributed by atoms with Crippen molar-refractivity contribution in [1.82, 2.24) is 15.1 Å². The van der Waals surface area contributed by atoms with E-state index in [0.717, 1.165) is 17.9 Å². The number of likely N-dealkylation sites (N-methyl/N-ethyl adjacent to an activating group) is 1. The van der Waals surface area contributed by atoms with Crippen LogP contribution in [-0.2, 0) is 11.3 Å². The largest absolute Gasteiger partial charge is 0.486 e. The van der Waals surface area contributed by atoms with Crippen LogP contribution in [0.4, 0.5) is 5.69 Å². The van der Waals surface area contributed by atoms with Crippen LogP contribution in [0.25, 0.3) is 0 Å². The van der Waals surface area contributed by atoms with Gasteiger partial charge in [0.05, 0.1) is 23.9 Å². The Morgan fingerprint density at radius 2 is 2.20 bits per heavy atom. The van der Waals surface area contributed by atoms with Crippen molar-refractivity contribution in [2.45, 2.75) is 43.7 Å². The van der Waals surface area contributed by atoms with Gasteiger partial charge in [-0.25, -0.2) is 0 Å². The second-order valence-electron chi connectivity index (χ2n) is 6.67. The summed E-state index contributed by atoms with van der Waals surface area (Å²) in [5.41, 5.74) is 0.964. The topological polar surface area (TPSA) is 79.6 Å². The minimum Gasteiger partial charge on any atom is -0.486 e. The van der Waals surface area contributed by atoms with E-state index in [1.54, 1.807) is 23.1 Å². The van der Waals surface area contributed by atoms with Crippen LogP contribution in [-0.4, -0.2) is 52.1 Å². The molecule has 0 saturated heterocycles. The Balaban J connectivity index is 1.47. The van der Waals surface area contributed by atoms with Crippen molar-refractivity contribution in [2.24, 2.45) is 0 Å². The lowest BCUT2D eigenvalue weighted by atomic mass is 9.83. The molecule has 4 rings (SSSR count). The summed E-state index contributed by atoms with van der Waals surface area (Å²) >= 11 is 0. The van der Waals surface area contributed by atoms with E-state index in [1.807, 2.05) is 31.3 Å². The maximum Gasteiger partial charge on any atom is 0.242 e. The normalized spacial score (nSPS) is 27.8. The van der Waals surface area contributed by atoms with E-state index < -0.39 is 6.10 Å². The predicted octanol–water partition coefficient (Wildman–Crippen LogP) is 0.789. The number of fused-ring (bicyclic) bond motifs is 2. The molecule has 0 bridgehead atoms. The molecule has 1 aliphatic carbocycles. The van der Waals surface area contributed by atoms with Crippen LogP contribution in [0.2, 0.25) is 0 Å². The molecule has 7 nitrogen and oxygen atoms in total. The fraction of sp³-hybridized carbons (Fsp3) is 0.444. The van der Waals surface area contributed by atoms with Gasteiger partial charge in [-0.3, -0.25) is 9.48 Å². The number of nitrogens with one attached hydrogen (secondary N) is 1. The molecule has 2 aromatic rings. The summed E-state index contributed by atoms with van der Waals surface area (Å²) in [4.78, 5) is 14.3. The minimum atomic E-state index is -0.696. The second kappa shape index (κ2) is 6.40. The van der Waals surface area contributed by atoms with Gasteiger partial charge in [0.2, 0.25) is 5.91 Å². The van der Waals surface area contributed by atoms with E-state index >= 15 is 0 Å². The third kappa shape index (κ3) is 2.95. The average molecular weight is 342 g/mol. The molecule has 1 fully saturated rings. The molecule has 4 atom stereocenters. The van der Waals surface area contributed by atoms with Gasteiger partial charge in [0, 0.05) is 19.4 Å². The number of aliphatic hydroxyl groups excluding tert-OH is 1. The highest BCUT2D eigenvalue weighted by atomic mass is 16.5. The molecule has 1 aliphatic heterocycles. The zero-order valence-corrected chi connectivity index (χ0v) is 14.1. The highest BCUT2D eigenvalue weighted by Crippen LogP contribution is 2.39. The zero-order valence-electron chi connectivity index (χ0n) is 14.1. The lowest BCUT2D eigenvalue weighted by Gasteiger charge is -2.48. The molecule has 1 amide bonds. The van der Waals surface area contributed by atoms with E-state index in [2.05, 4.69) is 15.3 Å². The van der Waals surface area contributed by atoms with Crippen LogP contribution in [0, 0.1) is 0 Å². The van der Waals surface area contributed by atoms with Crippen LogP contribution in [0.15, 0.2) is 42.7 Å². The Kier molecular flexibility index (Phi) is 4.09. The maximum absolute atomic E-state index is 12.2. The number of hydrogen-bond acceptors (Lipinski definition) is 5. The van der Waals surface area contributed by atoms with E-state index in [-0.39, 0.29) is 30.6 Å². The molecule has 132 valence electrons. The summed E-state index contributed by atoms with van der Waals surface area (Å²) in [6.45, 7) is 0.152. The molecular formula is C18H22N4O3. The molecule has 0 radical (unpaired) electrons. The van der Waals surface area contributed by atoms with Gasteiger partial charge in [0.15, 0.2) is 0 Å². The number of amides is 1. The summed E-state index contributed by atoms with van der Waals surface area (Å²) < 4.78 is 7.66. The van der Waals surface area contributed by atoms with E-state index in [1.165, 1.54) is 0 Å². The van der Waals surface area contributed by atoms with Crippen LogP contribution >= 0.6 is 0 Å². The molecule has 1 saturated carbocycles. The number of carbonyl (C=O) groups excluding carboxylic acids is 1. The summed E-state index contributed by atoms with van der Waals surface area (Å²) in [6, 6.07) is 9.14. The first-order valence-corrected chi connectivity index (χ1v) is 8.57. The van der Waals surface area contributed by atoms with Crippen molar-refractivity contribution in [3.63, 3.8) is 0 Å². The molecule has 0 unspecified atom stereocenters. The van der Waals surface area contributed by atoms with Crippen LogP contribution < -0.4 is 15.0 Å². The van der Waals surface area contributed by atoms with Crippen molar-refractivity contribution in [3.05, 3.63) is 42.7 Å². The van der Waals surface area contributed by atoms with Gasteiger partial charge in [-0.15, -0.1) is 0 Å². The molecule has 2 aliphatic rings. The molecule has 1 aromatic heterocycles.